The molecule has 1 aliphatic rings. The van der Waals surface area contributed by atoms with E-state index in [1.54, 1.807) is 0 Å². The molecule has 1 amide bonds. The molecule has 0 spiro atoms. The van der Waals surface area contributed by atoms with Gasteiger partial charge in [-0.3, -0.25) is 4.79 Å². The standard InChI is InChI=1S/C8H10F3NO3.K/c9-8(10,11)4-12-3-1-2-5(6(12)13)7(14)15;/h5H,1-4H2,(H,14,15);/q;+1/p-1. The number of carbonyl (C=O) groups is 2. The molecule has 0 aromatic rings. The molecule has 1 rings (SSSR count). The Bertz CT molecular complexity index is 282. The van der Waals surface area contributed by atoms with Crippen LogP contribution in [-0.4, -0.2) is 36.0 Å². The number of piperidine rings is 1. The topological polar surface area (TPSA) is 60.4 Å². The number of likely N-dealkylation sites (tertiary alicyclic amines) is 1. The molecule has 1 atom stereocenters. The molecule has 86 valence electrons. The fraction of sp³-hybridized carbons (Fsp3) is 0.750. The van der Waals surface area contributed by atoms with E-state index in [1.807, 2.05) is 0 Å². The molecule has 0 aromatic carbocycles. The van der Waals surface area contributed by atoms with E-state index in [2.05, 4.69) is 0 Å². The van der Waals surface area contributed by atoms with Crippen molar-refractivity contribution in [3.05, 3.63) is 0 Å². The zero-order valence-corrected chi connectivity index (χ0v) is 11.8. The summed E-state index contributed by atoms with van der Waals surface area (Å²) in [4.78, 5) is 22.2. The Hall–Kier alpha value is 0.366. The number of rotatable bonds is 2. The predicted molar refractivity (Wildman–Crippen MR) is 40.4 cm³/mol. The Morgan fingerprint density at radius 2 is 2.06 bits per heavy atom. The van der Waals surface area contributed by atoms with Gasteiger partial charge in [-0.25, -0.2) is 0 Å². The van der Waals surface area contributed by atoms with E-state index < -0.39 is 30.5 Å². The van der Waals surface area contributed by atoms with Gasteiger partial charge in [0, 0.05) is 6.54 Å². The summed E-state index contributed by atoms with van der Waals surface area (Å²) in [5.74, 6) is -4.04. The first-order chi connectivity index (χ1) is 6.81. The SMILES string of the molecule is O=C([O-])C1CCCN(CC(F)(F)F)C1=O.[K+]. The second-order valence-electron chi connectivity index (χ2n) is 3.39. The molecule has 1 saturated heterocycles. The van der Waals surface area contributed by atoms with Crippen LogP contribution in [0, 0.1) is 5.92 Å². The smallest absolute Gasteiger partial charge is 0.549 e. The van der Waals surface area contributed by atoms with Crippen molar-refractivity contribution in [2.75, 3.05) is 13.1 Å². The van der Waals surface area contributed by atoms with Crippen LogP contribution in [0.5, 0.6) is 0 Å². The first-order valence-electron chi connectivity index (χ1n) is 4.37. The third-order valence-electron chi connectivity index (χ3n) is 2.19. The van der Waals surface area contributed by atoms with Gasteiger partial charge in [0.2, 0.25) is 5.91 Å². The Labute approximate surface area is 133 Å². The van der Waals surface area contributed by atoms with E-state index in [0.717, 1.165) is 0 Å². The molecule has 0 aromatic heterocycles. The molecule has 1 aliphatic heterocycles. The van der Waals surface area contributed by atoms with Crippen LogP contribution in [0.3, 0.4) is 0 Å². The number of carboxylic acid groups (broad SMARTS) is 1. The Morgan fingerprint density at radius 1 is 1.50 bits per heavy atom. The van der Waals surface area contributed by atoms with Crippen LogP contribution in [0.4, 0.5) is 13.2 Å². The van der Waals surface area contributed by atoms with Crippen molar-refractivity contribution in [1.29, 1.82) is 0 Å². The van der Waals surface area contributed by atoms with Gasteiger partial charge in [-0.1, -0.05) is 0 Å². The van der Waals surface area contributed by atoms with Gasteiger partial charge in [0.05, 0.1) is 11.9 Å². The minimum absolute atomic E-state index is 0. The zero-order chi connectivity index (χ0) is 11.6. The van der Waals surface area contributed by atoms with E-state index in [9.17, 15) is 27.9 Å². The van der Waals surface area contributed by atoms with Crippen molar-refractivity contribution in [1.82, 2.24) is 4.90 Å². The monoisotopic (exact) mass is 263 g/mol. The maximum Gasteiger partial charge on any atom is 1.00 e. The normalized spacial score (nSPS) is 21.6. The molecule has 1 unspecified atom stereocenters. The molecule has 8 heteroatoms. The molecule has 16 heavy (non-hydrogen) atoms. The summed E-state index contributed by atoms with van der Waals surface area (Å²) in [6, 6.07) is 0. The molecule has 0 radical (unpaired) electrons. The number of amides is 1. The van der Waals surface area contributed by atoms with Crippen LogP contribution in [0.25, 0.3) is 0 Å². The summed E-state index contributed by atoms with van der Waals surface area (Å²) in [7, 11) is 0. The summed E-state index contributed by atoms with van der Waals surface area (Å²) in [6.07, 6.45) is -4.19. The van der Waals surface area contributed by atoms with Crippen molar-refractivity contribution in [2.24, 2.45) is 5.92 Å². The van der Waals surface area contributed by atoms with Gasteiger partial charge in [0.15, 0.2) is 0 Å². The van der Waals surface area contributed by atoms with Gasteiger partial charge in [-0.15, -0.1) is 0 Å². The van der Waals surface area contributed by atoms with Gasteiger partial charge in [0.25, 0.3) is 0 Å². The Morgan fingerprint density at radius 3 is 2.50 bits per heavy atom. The predicted octanol–water partition coefficient (Wildman–Crippen LogP) is -3.46. The average Bonchev–Trinajstić information content (AvgIpc) is 2.05. The van der Waals surface area contributed by atoms with Crippen LogP contribution in [0.1, 0.15) is 12.8 Å². The molecular formula is C8H9F3KNO3. The van der Waals surface area contributed by atoms with E-state index in [-0.39, 0.29) is 70.8 Å². The fourth-order valence-corrected chi connectivity index (χ4v) is 1.53. The van der Waals surface area contributed by atoms with Crippen LogP contribution < -0.4 is 56.5 Å². The van der Waals surface area contributed by atoms with Crippen molar-refractivity contribution in [3.8, 4) is 0 Å². The number of carboxylic acids is 1. The first kappa shape index (κ1) is 16.4. The second kappa shape index (κ2) is 6.34. The van der Waals surface area contributed by atoms with Gasteiger partial charge in [0.1, 0.15) is 6.54 Å². The number of nitrogens with zero attached hydrogens (tertiary/aromatic N) is 1. The van der Waals surface area contributed by atoms with Gasteiger partial charge < -0.3 is 14.8 Å². The van der Waals surface area contributed by atoms with Gasteiger partial charge in [-0.05, 0) is 12.8 Å². The van der Waals surface area contributed by atoms with Crippen LogP contribution in [-0.2, 0) is 9.59 Å². The van der Waals surface area contributed by atoms with Crippen molar-refractivity contribution in [2.45, 2.75) is 19.0 Å². The Kier molecular flexibility index (Phi) is 6.48. The molecule has 0 bridgehead atoms. The van der Waals surface area contributed by atoms with E-state index >= 15 is 0 Å². The van der Waals surface area contributed by atoms with E-state index in [0.29, 0.717) is 4.90 Å². The molecule has 1 fully saturated rings. The van der Waals surface area contributed by atoms with Gasteiger partial charge in [-0.2, -0.15) is 13.2 Å². The number of alkyl halides is 3. The second-order valence-corrected chi connectivity index (χ2v) is 3.39. The molecule has 4 nitrogen and oxygen atoms in total. The molecule has 1 heterocycles. The minimum Gasteiger partial charge on any atom is -0.549 e. The third kappa shape index (κ3) is 4.70. The van der Waals surface area contributed by atoms with Crippen molar-refractivity contribution < 1.29 is 79.3 Å². The molecular weight excluding hydrogens is 254 g/mol. The largest absolute Gasteiger partial charge is 1.00 e. The van der Waals surface area contributed by atoms with Crippen LogP contribution in [0.15, 0.2) is 0 Å². The van der Waals surface area contributed by atoms with Crippen LogP contribution in [0.2, 0.25) is 0 Å². The number of aliphatic carboxylic acids is 1. The fourth-order valence-electron chi connectivity index (χ4n) is 1.53. The van der Waals surface area contributed by atoms with Crippen LogP contribution >= 0.6 is 0 Å². The first-order valence-corrected chi connectivity index (χ1v) is 4.37. The summed E-state index contributed by atoms with van der Waals surface area (Å²) < 4.78 is 36.0. The zero-order valence-electron chi connectivity index (χ0n) is 8.71. The minimum atomic E-state index is -4.50. The summed E-state index contributed by atoms with van der Waals surface area (Å²) in [5.41, 5.74) is 0. The average molecular weight is 263 g/mol. The quantitative estimate of drug-likeness (QED) is 0.384. The van der Waals surface area contributed by atoms with E-state index in [4.69, 9.17) is 0 Å². The molecule has 0 aliphatic carbocycles. The number of hydrogen-bond acceptors (Lipinski definition) is 3. The number of halogens is 3. The molecule has 0 N–H and O–H groups in total. The summed E-state index contributed by atoms with van der Waals surface area (Å²) in [6.45, 7) is -1.45. The third-order valence-corrected chi connectivity index (χ3v) is 2.19. The number of hydrogen-bond donors (Lipinski definition) is 0. The summed E-state index contributed by atoms with van der Waals surface area (Å²) in [5, 5.41) is 10.4. The maximum absolute atomic E-state index is 12.0. The molecule has 0 saturated carbocycles. The van der Waals surface area contributed by atoms with Gasteiger partial charge >= 0.3 is 57.6 Å². The summed E-state index contributed by atoms with van der Waals surface area (Å²) >= 11 is 0. The van der Waals surface area contributed by atoms with Crippen molar-refractivity contribution >= 4 is 11.9 Å². The van der Waals surface area contributed by atoms with E-state index in [1.165, 1.54) is 0 Å². The maximum atomic E-state index is 12.0. The Balaban J connectivity index is 0.00000225. The van der Waals surface area contributed by atoms with Crippen molar-refractivity contribution in [3.63, 3.8) is 0 Å². The number of carbonyl (C=O) groups excluding carboxylic acids is 2.